The van der Waals surface area contributed by atoms with E-state index in [0.717, 1.165) is 41.1 Å². The van der Waals surface area contributed by atoms with Crippen LogP contribution in [0.4, 0.5) is 0 Å². The van der Waals surface area contributed by atoms with Gasteiger partial charge in [0.2, 0.25) is 5.89 Å². The fourth-order valence-electron chi connectivity index (χ4n) is 4.38. The lowest BCUT2D eigenvalue weighted by Crippen LogP contribution is -2.30. The summed E-state index contributed by atoms with van der Waals surface area (Å²) in [5.74, 6) is 1.54. The van der Waals surface area contributed by atoms with Crippen LogP contribution in [0.5, 0.6) is 0 Å². The Bertz CT molecular complexity index is 1140. The lowest BCUT2D eigenvalue weighted by molar-refractivity contribution is 0.250. The van der Waals surface area contributed by atoms with Gasteiger partial charge < -0.3 is 9.32 Å². The van der Waals surface area contributed by atoms with Crippen LogP contribution in [0.2, 0.25) is 0 Å². The maximum absolute atomic E-state index is 11.6. The van der Waals surface area contributed by atoms with E-state index < -0.39 is 9.84 Å². The second-order valence-electron chi connectivity index (χ2n) is 8.39. The van der Waals surface area contributed by atoms with Crippen LogP contribution in [0.1, 0.15) is 37.6 Å². The molecule has 4 rings (SSSR count). The molecular formula is C25H31ClN2O3S. The number of rotatable bonds is 7. The Kier molecular flexibility index (Phi) is 7.80. The van der Waals surface area contributed by atoms with Gasteiger partial charge >= 0.3 is 0 Å². The third-order valence-electron chi connectivity index (χ3n) is 6.25. The van der Waals surface area contributed by atoms with Crippen LogP contribution in [0.3, 0.4) is 0 Å². The molecule has 0 aliphatic carbocycles. The molecule has 0 bridgehead atoms. The smallest absolute Gasteiger partial charge is 0.226 e. The van der Waals surface area contributed by atoms with Gasteiger partial charge in [-0.3, -0.25) is 0 Å². The van der Waals surface area contributed by atoms with Crippen molar-refractivity contribution >= 4 is 22.2 Å². The molecule has 0 radical (unpaired) electrons. The highest BCUT2D eigenvalue weighted by atomic mass is 35.5. The lowest BCUT2D eigenvalue weighted by atomic mass is 10.0. The molecule has 1 unspecified atom stereocenters. The molecule has 0 spiro atoms. The largest absolute Gasteiger partial charge is 0.441 e. The first-order valence-electron chi connectivity index (χ1n) is 11.0. The van der Waals surface area contributed by atoms with E-state index >= 15 is 0 Å². The first-order chi connectivity index (χ1) is 14.8. The average molecular weight is 475 g/mol. The average Bonchev–Trinajstić information content (AvgIpc) is 3.37. The third kappa shape index (κ3) is 5.42. The van der Waals surface area contributed by atoms with E-state index in [4.69, 9.17) is 9.40 Å². The zero-order chi connectivity index (χ0) is 22.0. The molecule has 172 valence electrons. The topological polar surface area (TPSA) is 63.4 Å². The number of nitrogens with zero attached hydrogens (tertiary/aromatic N) is 2. The van der Waals surface area contributed by atoms with Gasteiger partial charge in [0.1, 0.15) is 5.76 Å². The van der Waals surface area contributed by atoms with E-state index in [1.165, 1.54) is 32.1 Å². The Balaban J connectivity index is 0.00000289. The molecule has 2 heterocycles. The van der Waals surface area contributed by atoms with Gasteiger partial charge in [-0.05, 0) is 68.1 Å². The minimum absolute atomic E-state index is 0. The molecule has 1 aliphatic heterocycles. The summed E-state index contributed by atoms with van der Waals surface area (Å²) in [6, 6.07) is 15.7. The third-order valence-corrected chi connectivity index (χ3v) is 7.37. The molecular weight excluding hydrogens is 444 g/mol. The van der Waals surface area contributed by atoms with Crippen LogP contribution in [0.15, 0.2) is 57.8 Å². The van der Waals surface area contributed by atoms with Gasteiger partial charge in [-0.15, -0.1) is 12.4 Å². The van der Waals surface area contributed by atoms with Crippen LogP contribution in [-0.2, 0) is 16.3 Å². The lowest BCUT2D eigenvalue weighted by Gasteiger charge is -2.22. The van der Waals surface area contributed by atoms with Crippen molar-refractivity contribution < 1.29 is 12.8 Å². The number of oxazole rings is 1. The molecule has 0 saturated carbocycles. The Morgan fingerprint density at radius 2 is 1.62 bits per heavy atom. The molecule has 1 aliphatic rings. The summed E-state index contributed by atoms with van der Waals surface area (Å²) < 4.78 is 29.3. The van der Waals surface area contributed by atoms with Crippen LogP contribution < -0.4 is 0 Å². The summed E-state index contributed by atoms with van der Waals surface area (Å²) in [5, 5.41) is 0. The summed E-state index contributed by atoms with van der Waals surface area (Å²) in [6.07, 6.45) is 5.95. The Morgan fingerprint density at radius 1 is 1.03 bits per heavy atom. The molecule has 0 amide bonds. The first kappa shape index (κ1) is 24.5. The number of likely N-dealkylation sites (tertiary alicyclic amines) is 1. The van der Waals surface area contributed by atoms with Crippen molar-refractivity contribution in [2.75, 3.05) is 19.3 Å². The predicted octanol–water partition coefficient (Wildman–Crippen LogP) is 5.56. The highest BCUT2D eigenvalue weighted by molar-refractivity contribution is 7.90. The quantitative estimate of drug-likeness (QED) is 0.448. The van der Waals surface area contributed by atoms with Gasteiger partial charge in [0.05, 0.1) is 10.6 Å². The predicted molar refractivity (Wildman–Crippen MR) is 131 cm³/mol. The first-order valence-corrected chi connectivity index (χ1v) is 12.9. The van der Waals surface area contributed by atoms with E-state index in [9.17, 15) is 8.42 Å². The van der Waals surface area contributed by atoms with Crippen molar-refractivity contribution in [3.05, 3.63) is 60.0 Å². The normalized spacial score (nSPS) is 16.8. The highest BCUT2D eigenvalue weighted by Crippen LogP contribution is 2.27. The number of sulfone groups is 1. The van der Waals surface area contributed by atoms with Gasteiger partial charge in [0, 0.05) is 30.8 Å². The molecule has 32 heavy (non-hydrogen) atoms. The van der Waals surface area contributed by atoms with Crippen molar-refractivity contribution in [2.24, 2.45) is 0 Å². The molecule has 1 saturated heterocycles. The molecule has 5 nitrogen and oxygen atoms in total. The standard InChI is InChI=1S/C25H30N2O3S.ClH/c1-4-22-6-5-16-27(22)17-15-24-18(2)30-25(26-24)21-9-7-19(8-10-21)20-11-13-23(14-12-20)31(3,28)29;/h7-14,22H,4-6,15-17H2,1-3H3;1H. The second kappa shape index (κ2) is 10.2. The zero-order valence-electron chi connectivity index (χ0n) is 18.9. The summed E-state index contributed by atoms with van der Waals surface area (Å²) >= 11 is 0. The molecule has 1 aromatic heterocycles. The van der Waals surface area contributed by atoms with Crippen LogP contribution in [0.25, 0.3) is 22.6 Å². The van der Waals surface area contributed by atoms with Crippen LogP contribution in [0, 0.1) is 6.92 Å². The maximum Gasteiger partial charge on any atom is 0.226 e. The van der Waals surface area contributed by atoms with E-state index in [1.807, 2.05) is 43.3 Å². The molecule has 3 aromatic rings. The molecule has 0 N–H and O–H groups in total. The number of halogens is 1. The molecule has 1 atom stereocenters. The SMILES string of the molecule is CCC1CCCN1CCc1nc(-c2ccc(-c3ccc(S(C)(=O)=O)cc3)cc2)oc1C.Cl. The molecule has 7 heteroatoms. The maximum atomic E-state index is 11.6. The van der Waals surface area contributed by atoms with E-state index in [-0.39, 0.29) is 12.4 Å². The van der Waals surface area contributed by atoms with Crippen LogP contribution >= 0.6 is 12.4 Å². The van der Waals surface area contributed by atoms with Crippen molar-refractivity contribution in [3.63, 3.8) is 0 Å². The van der Waals surface area contributed by atoms with Crippen LogP contribution in [-0.4, -0.2) is 43.7 Å². The van der Waals surface area contributed by atoms with Gasteiger partial charge in [0.25, 0.3) is 0 Å². The Hall–Kier alpha value is -2.15. The number of hydrogen-bond acceptors (Lipinski definition) is 5. The van der Waals surface area contributed by atoms with Gasteiger partial charge in [-0.25, -0.2) is 13.4 Å². The summed E-state index contributed by atoms with van der Waals surface area (Å²) in [6.45, 7) is 6.49. The minimum Gasteiger partial charge on any atom is -0.441 e. The van der Waals surface area contributed by atoms with Gasteiger partial charge in [0.15, 0.2) is 9.84 Å². The Labute approximate surface area is 197 Å². The van der Waals surface area contributed by atoms with E-state index in [0.29, 0.717) is 16.8 Å². The fourth-order valence-corrected chi connectivity index (χ4v) is 5.02. The van der Waals surface area contributed by atoms with E-state index in [1.54, 1.807) is 12.1 Å². The summed E-state index contributed by atoms with van der Waals surface area (Å²) in [4.78, 5) is 7.68. The molecule has 2 aromatic carbocycles. The van der Waals surface area contributed by atoms with Crippen molar-refractivity contribution in [2.45, 2.75) is 50.5 Å². The van der Waals surface area contributed by atoms with Gasteiger partial charge in [-0.1, -0.05) is 31.2 Å². The van der Waals surface area contributed by atoms with Crippen molar-refractivity contribution in [1.82, 2.24) is 9.88 Å². The summed E-state index contributed by atoms with van der Waals surface area (Å²) in [7, 11) is -3.19. The second-order valence-corrected chi connectivity index (χ2v) is 10.4. The highest BCUT2D eigenvalue weighted by Gasteiger charge is 2.23. The van der Waals surface area contributed by atoms with Crippen molar-refractivity contribution in [3.8, 4) is 22.6 Å². The number of benzene rings is 2. The number of hydrogen-bond donors (Lipinski definition) is 0. The van der Waals surface area contributed by atoms with Crippen molar-refractivity contribution in [1.29, 1.82) is 0 Å². The number of aryl methyl sites for hydroxylation is 1. The minimum atomic E-state index is -3.19. The van der Waals surface area contributed by atoms with Gasteiger partial charge in [-0.2, -0.15) is 0 Å². The monoisotopic (exact) mass is 474 g/mol. The van der Waals surface area contributed by atoms with E-state index in [2.05, 4.69) is 11.8 Å². The summed E-state index contributed by atoms with van der Waals surface area (Å²) in [5.41, 5.74) is 3.97. The fraction of sp³-hybridized carbons (Fsp3) is 0.400. The molecule has 1 fully saturated rings. The Morgan fingerprint density at radius 3 is 2.22 bits per heavy atom. The zero-order valence-corrected chi connectivity index (χ0v) is 20.5. The number of aromatic nitrogens is 1.